The summed E-state index contributed by atoms with van der Waals surface area (Å²) >= 11 is 0. The van der Waals surface area contributed by atoms with E-state index < -0.39 is 29.0 Å². The molecule has 1 heterocycles. The Labute approximate surface area is 187 Å². The Morgan fingerprint density at radius 2 is 1.91 bits per heavy atom. The van der Waals surface area contributed by atoms with E-state index in [0.717, 1.165) is 31.0 Å². The average Bonchev–Trinajstić information content (AvgIpc) is 3.59. The minimum atomic E-state index is -1.14. The van der Waals surface area contributed by atoms with Crippen LogP contribution in [0.25, 0.3) is 0 Å². The number of rotatable bonds is 7. The summed E-state index contributed by atoms with van der Waals surface area (Å²) in [5, 5.41) is 9.09. The molecule has 3 N–H and O–H groups in total. The number of halogens is 2. The van der Waals surface area contributed by atoms with Gasteiger partial charge in [0.25, 0.3) is 0 Å². The normalized spacial score (nSPS) is 20.2. The summed E-state index contributed by atoms with van der Waals surface area (Å²) in [4.78, 5) is 26.3. The first kappa shape index (κ1) is 22.5. The molecule has 32 heavy (non-hydrogen) atoms. The molecule has 5 nitrogen and oxygen atoms in total. The molecule has 2 aromatic carbocycles. The van der Waals surface area contributed by atoms with Crippen molar-refractivity contribution in [2.45, 2.75) is 49.6 Å². The molecule has 2 amide bonds. The molecule has 0 aromatic heterocycles. The van der Waals surface area contributed by atoms with Gasteiger partial charge in [0.05, 0.1) is 5.41 Å². The van der Waals surface area contributed by atoms with Crippen molar-refractivity contribution in [3.63, 3.8) is 0 Å². The van der Waals surface area contributed by atoms with Crippen LogP contribution in [0.1, 0.15) is 36.8 Å². The van der Waals surface area contributed by atoms with E-state index in [1.165, 1.54) is 12.1 Å². The van der Waals surface area contributed by atoms with E-state index >= 15 is 0 Å². The van der Waals surface area contributed by atoms with E-state index in [-0.39, 0.29) is 23.9 Å². The van der Waals surface area contributed by atoms with Gasteiger partial charge in [0.2, 0.25) is 11.8 Å². The van der Waals surface area contributed by atoms with E-state index in [1.807, 2.05) is 12.1 Å². The van der Waals surface area contributed by atoms with Crippen LogP contribution in [0.4, 0.5) is 8.78 Å². The molecule has 2 atom stereocenters. The van der Waals surface area contributed by atoms with Crippen molar-refractivity contribution in [1.29, 1.82) is 0 Å². The van der Waals surface area contributed by atoms with Gasteiger partial charge in [-0.1, -0.05) is 41.9 Å². The fraction of sp³-hybridized carbons (Fsp3) is 0.417. The third kappa shape index (κ3) is 4.85. The zero-order chi connectivity index (χ0) is 22.7. The number of hydrogen-bond acceptors (Lipinski definition) is 3. The zero-order valence-electron chi connectivity index (χ0n) is 17.8. The van der Waals surface area contributed by atoms with Crippen molar-refractivity contribution < 1.29 is 18.4 Å². The lowest BCUT2D eigenvalue weighted by Gasteiger charge is -2.28. The maximum atomic E-state index is 14.4. The zero-order valence-corrected chi connectivity index (χ0v) is 17.8. The number of benzene rings is 2. The third-order valence-corrected chi connectivity index (χ3v) is 6.34. The molecule has 1 saturated carbocycles. The van der Waals surface area contributed by atoms with Crippen LogP contribution < -0.4 is 21.4 Å². The van der Waals surface area contributed by atoms with Gasteiger partial charge in [-0.2, -0.15) is 0 Å². The van der Waals surface area contributed by atoms with Crippen molar-refractivity contribution in [1.82, 2.24) is 16.0 Å². The van der Waals surface area contributed by atoms with Crippen molar-refractivity contribution in [2.24, 2.45) is 0 Å². The summed E-state index contributed by atoms with van der Waals surface area (Å²) in [6, 6.07) is 10.1. The van der Waals surface area contributed by atoms with Crippen LogP contribution >= 0.6 is 0 Å². The van der Waals surface area contributed by atoms with Gasteiger partial charge in [-0.05, 0) is 43.9 Å². The molecule has 8 heteroatoms. The van der Waals surface area contributed by atoms with Gasteiger partial charge >= 0.3 is 0 Å². The molecule has 1 saturated heterocycles. The maximum absolute atomic E-state index is 14.4. The van der Waals surface area contributed by atoms with E-state index in [2.05, 4.69) is 16.0 Å². The fourth-order valence-corrected chi connectivity index (χ4v) is 4.29. The van der Waals surface area contributed by atoms with Gasteiger partial charge in [-0.3, -0.25) is 9.59 Å². The van der Waals surface area contributed by atoms with Gasteiger partial charge < -0.3 is 16.0 Å². The van der Waals surface area contributed by atoms with Gasteiger partial charge in [-0.25, -0.2) is 8.78 Å². The van der Waals surface area contributed by atoms with Gasteiger partial charge in [0.1, 0.15) is 13.9 Å². The summed E-state index contributed by atoms with van der Waals surface area (Å²) in [5.41, 5.74) is 0.338. The van der Waals surface area contributed by atoms with E-state index in [4.69, 9.17) is 7.85 Å². The van der Waals surface area contributed by atoms with E-state index in [1.54, 1.807) is 12.1 Å². The minimum absolute atomic E-state index is 0.0161. The van der Waals surface area contributed by atoms with Crippen molar-refractivity contribution >= 4 is 25.1 Å². The second kappa shape index (κ2) is 9.41. The molecule has 2 aliphatic rings. The van der Waals surface area contributed by atoms with Crippen molar-refractivity contribution in [2.75, 3.05) is 13.1 Å². The van der Waals surface area contributed by atoms with Crippen LogP contribution in [0.2, 0.25) is 0 Å². The third-order valence-electron chi connectivity index (χ3n) is 6.34. The molecular weight excluding hydrogens is 411 g/mol. The number of carbonyl (C=O) groups is 2. The number of amides is 2. The maximum Gasteiger partial charge on any atom is 0.243 e. The SMILES string of the molecule is [B]c1ccc(CC(NC(=O)C2(c3cccc(F)c3F)CC2)C(=O)NC2CCCNC2)cc1. The smallest absolute Gasteiger partial charge is 0.243 e. The summed E-state index contributed by atoms with van der Waals surface area (Å²) in [7, 11) is 5.76. The highest BCUT2D eigenvalue weighted by Crippen LogP contribution is 2.49. The number of carbonyl (C=O) groups excluding carboxylic acids is 2. The van der Waals surface area contributed by atoms with Crippen LogP contribution in [0.5, 0.6) is 0 Å². The quantitative estimate of drug-likeness (QED) is 0.574. The summed E-state index contributed by atoms with van der Waals surface area (Å²) in [6.07, 6.45) is 2.89. The summed E-state index contributed by atoms with van der Waals surface area (Å²) in [6.45, 7) is 1.59. The molecule has 2 unspecified atom stereocenters. The molecule has 4 rings (SSSR count). The van der Waals surface area contributed by atoms with E-state index in [0.29, 0.717) is 24.8 Å². The second-order valence-electron chi connectivity index (χ2n) is 8.71. The highest BCUT2D eigenvalue weighted by Gasteiger charge is 2.53. The predicted molar refractivity (Wildman–Crippen MR) is 119 cm³/mol. The molecule has 1 aliphatic heterocycles. The molecule has 2 fully saturated rings. The topological polar surface area (TPSA) is 70.2 Å². The van der Waals surface area contributed by atoms with Crippen molar-refractivity contribution in [3.8, 4) is 0 Å². The Morgan fingerprint density at radius 3 is 2.56 bits per heavy atom. The fourth-order valence-electron chi connectivity index (χ4n) is 4.29. The molecule has 166 valence electrons. The highest BCUT2D eigenvalue weighted by molar-refractivity contribution is 6.32. The second-order valence-corrected chi connectivity index (χ2v) is 8.71. The molecule has 0 bridgehead atoms. The first-order valence-corrected chi connectivity index (χ1v) is 11.0. The Bertz CT molecular complexity index is 989. The van der Waals surface area contributed by atoms with E-state index in [9.17, 15) is 18.4 Å². The largest absolute Gasteiger partial charge is 0.350 e. The first-order chi connectivity index (χ1) is 15.4. The Hall–Kier alpha value is -2.74. The minimum Gasteiger partial charge on any atom is -0.350 e. The molecule has 0 spiro atoms. The Kier molecular flexibility index (Phi) is 6.60. The lowest BCUT2D eigenvalue weighted by atomic mass is 9.92. The lowest BCUT2D eigenvalue weighted by Crippen LogP contribution is -2.55. The van der Waals surface area contributed by atoms with Gasteiger partial charge in [0, 0.05) is 24.6 Å². The summed E-state index contributed by atoms with van der Waals surface area (Å²) < 4.78 is 28.2. The Balaban J connectivity index is 1.53. The number of piperidine rings is 1. The molecule has 1 aliphatic carbocycles. The van der Waals surface area contributed by atoms with Gasteiger partial charge in [0.15, 0.2) is 11.6 Å². The molecule has 2 aromatic rings. The first-order valence-electron chi connectivity index (χ1n) is 11.0. The van der Waals surface area contributed by atoms with Crippen molar-refractivity contribution in [3.05, 3.63) is 65.2 Å². The van der Waals surface area contributed by atoms with Crippen LogP contribution in [0.15, 0.2) is 42.5 Å². The van der Waals surface area contributed by atoms with Crippen LogP contribution in [0, 0.1) is 11.6 Å². The monoisotopic (exact) mass is 437 g/mol. The van der Waals surface area contributed by atoms with Gasteiger partial charge in [-0.15, -0.1) is 0 Å². The Morgan fingerprint density at radius 1 is 1.16 bits per heavy atom. The number of hydrogen-bond donors (Lipinski definition) is 3. The van der Waals surface area contributed by atoms with Crippen LogP contribution in [-0.2, 0) is 21.4 Å². The predicted octanol–water partition coefficient (Wildman–Crippen LogP) is 1.39. The number of nitrogens with one attached hydrogen (secondary N) is 3. The average molecular weight is 437 g/mol. The summed E-state index contributed by atoms with van der Waals surface area (Å²) in [5.74, 6) is -2.74. The van der Waals surface area contributed by atoms with Crippen LogP contribution in [0.3, 0.4) is 0 Å². The lowest BCUT2D eigenvalue weighted by molar-refractivity contribution is -0.130. The highest BCUT2D eigenvalue weighted by atomic mass is 19.2. The molecular formula is C24H26BF2N3O2. The standard InChI is InChI=1S/C24H26BF2N3O2/c25-16-8-6-15(7-9-16)13-20(22(31)29-17-3-2-12-28-14-17)30-23(32)24(10-11-24)18-4-1-5-19(26)21(18)27/h1,4-9,17,20,28H,2-3,10-14H2,(H,29,31)(H,30,32). The van der Waals surface area contributed by atoms with Crippen LogP contribution in [-0.4, -0.2) is 44.8 Å². The molecule has 2 radical (unpaired) electrons.